The highest BCUT2D eigenvalue weighted by Crippen LogP contribution is 2.25. The summed E-state index contributed by atoms with van der Waals surface area (Å²) >= 11 is 3.45. The molecule has 21 heavy (non-hydrogen) atoms. The smallest absolute Gasteiger partial charge is 0.289 e. The number of aromatic nitrogens is 1. The Bertz CT molecular complexity index is 700. The molecule has 0 aliphatic carbocycles. The molecule has 2 aromatic rings. The summed E-state index contributed by atoms with van der Waals surface area (Å²) < 4.78 is 0.980. The number of nitrogens with one attached hydrogen (secondary N) is 2. The molecule has 1 aliphatic heterocycles. The van der Waals surface area contributed by atoms with Gasteiger partial charge in [0.2, 0.25) is 0 Å². The highest BCUT2D eigenvalue weighted by atomic mass is 79.9. The number of hydrazone groups is 1. The van der Waals surface area contributed by atoms with Crippen LogP contribution in [0.4, 0.5) is 5.69 Å². The fraction of sp³-hybridized carbons (Fsp3) is 0.133. The van der Waals surface area contributed by atoms with Crippen LogP contribution in [-0.2, 0) is 0 Å². The summed E-state index contributed by atoms with van der Waals surface area (Å²) in [4.78, 5) is 16.0. The Balaban J connectivity index is 1.82. The van der Waals surface area contributed by atoms with Crippen molar-refractivity contribution in [3.63, 3.8) is 0 Å². The number of pyridine rings is 1. The summed E-state index contributed by atoms with van der Waals surface area (Å²) in [6, 6.07) is 11.2. The van der Waals surface area contributed by atoms with Crippen molar-refractivity contribution < 1.29 is 4.79 Å². The van der Waals surface area contributed by atoms with Gasteiger partial charge in [-0.1, -0.05) is 22.0 Å². The molecular formula is C15H13BrN4O. The minimum absolute atomic E-state index is 0.307. The zero-order chi connectivity index (χ0) is 14.7. The summed E-state index contributed by atoms with van der Waals surface area (Å²) in [5.41, 5.74) is 5.80. The van der Waals surface area contributed by atoms with Crippen molar-refractivity contribution in [2.24, 2.45) is 5.10 Å². The van der Waals surface area contributed by atoms with Crippen LogP contribution < -0.4 is 10.7 Å². The van der Waals surface area contributed by atoms with E-state index in [-0.39, 0.29) is 5.91 Å². The van der Waals surface area contributed by atoms with Crippen LogP contribution in [0.3, 0.4) is 0 Å². The van der Waals surface area contributed by atoms with Crippen LogP contribution >= 0.6 is 15.9 Å². The summed E-state index contributed by atoms with van der Waals surface area (Å²) in [5.74, 6) is -0.307. The second-order valence-corrected chi connectivity index (χ2v) is 5.50. The van der Waals surface area contributed by atoms with Crippen LogP contribution in [0.2, 0.25) is 0 Å². The fourth-order valence-electron chi connectivity index (χ4n) is 2.15. The van der Waals surface area contributed by atoms with Gasteiger partial charge in [-0.25, -0.2) is 5.43 Å². The molecule has 2 heterocycles. The molecule has 0 fully saturated rings. The number of carbonyl (C=O) groups is 1. The van der Waals surface area contributed by atoms with Crippen molar-refractivity contribution in [3.8, 4) is 0 Å². The van der Waals surface area contributed by atoms with Gasteiger partial charge in [0.15, 0.2) is 0 Å². The number of carbonyl (C=O) groups excluding carboxylic acids is 1. The zero-order valence-electron chi connectivity index (χ0n) is 11.1. The zero-order valence-corrected chi connectivity index (χ0v) is 12.7. The van der Waals surface area contributed by atoms with Gasteiger partial charge in [-0.3, -0.25) is 9.78 Å². The lowest BCUT2D eigenvalue weighted by Gasteiger charge is -2.19. The van der Waals surface area contributed by atoms with E-state index in [4.69, 9.17) is 0 Å². The standard InChI is InChI=1S/C15H13BrN4O/c16-10-4-5-12-11(9-10)13(6-8-18-12)19-20-15(21)14-3-1-2-7-17-14/h1-5,7,9,18H,6,8H2,(H,20,21). The van der Waals surface area contributed by atoms with Crippen LogP contribution in [0.25, 0.3) is 0 Å². The molecule has 1 aromatic heterocycles. The van der Waals surface area contributed by atoms with Crippen molar-refractivity contribution in [2.75, 3.05) is 11.9 Å². The highest BCUT2D eigenvalue weighted by Gasteiger charge is 2.16. The Kier molecular flexibility index (Phi) is 3.96. The van der Waals surface area contributed by atoms with Crippen molar-refractivity contribution in [3.05, 3.63) is 58.3 Å². The van der Waals surface area contributed by atoms with Crippen molar-refractivity contribution in [2.45, 2.75) is 6.42 Å². The third kappa shape index (κ3) is 3.11. The number of fused-ring (bicyclic) bond motifs is 1. The van der Waals surface area contributed by atoms with E-state index in [0.29, 0.717) is 5.69 Å². The molecule has 5 nitrogen and oxygen atoms in total. The Morgan fingerprint density at radius 2 is 2.24 bits per heavy atom. The first kappa shape index (κ1) is 13.8. The second-order valence-electron chi connectivity index (χ2n) is 4.58. The first-order valence-corrected chi connectivity index (χ1v) is 7.35. The number of benzene rings is 1. The van der Waals surface area contributed by atoms with Gasteiger partial charge in [0.25, 0.3) is 5.91 Å². The molecule has 0 radical (unpaired) electrons. The molecule has 0 spiro atoms. The SMILES string of the molecule is O=C(NN=C1CCNc2ccc(Br)cc21)c1ccccn1. The van der Waals surface area contributed by atoms with Crippen LogP contribution in [0.15, 0.2) is 52.2 Å². The Labute approximate surface area is 130 Å². The molecule has 0 saturated heterocycles. The Hall–Kier alpha value is -2.21. The first-order valence-electron chi connectivity index (χ1n) is 6.56. The lowest BCUT2D eigenvalue weighted by molar-refractivity contribution is 0.0950. The molecule has 0 saturated carbocycles. The van der Waals surface area contributed by atoms with Crippen LogP contribution in [0, 0.1) is 0 Å². The summed E-state index contributed by atoms with van der Waals surface area (Å²) in [5, 5.41) is 7.57. The van der Waals surface area contributed by atoms with E-state index in [2.05, 4.69) is 36.8 Å². The monoisotopic (exact) mass is 344 g/mol. The van der Waals surface area contributed by atoms with E-state index >= 15 is 0 Å². The van der Waals surface area contributed by atoms with Gasteiger partial charge >= 0.3 is 0 Å². The lowest BCUT2D eigenvalue weighted by Crippen LogP contribution is -2.25. The fourth-order valence-corrected chi connectivity index (χ4v) is 2.51. The average Bonchev–Trinajstić information content (AvgIpc) is 2.53. The predicted octanol–water partition coefficient (Wildman–Crippen LogP) is 2.79. The van der Waals surface area contributed by atoms with Gasteiger partial charge < -0.3 is 5.32 Å². The Morgan fingerprint density at radius 3 is 3.05 bits per heavy atom. The Morgan fingerprint density at radius 1 is 1.33 bits per heavy atom. The van der Waals surface area contributed by atoms with Crippen molar-refractivity contribution >= 4 is 33.2 Å². The molecule has 1 aliphatic rings. The van der Waals surface area contributed by atoms with Crippen LogP contribution in [-0.4, -0.2) is 23.1 Å². The molecule has 2 N–H and O–H groups in total. The van der Waals surface area contributed by atoms with E-state index < -0.39 is 0 Å². The molecule has 0 bridgehead atoms. The van der Waals surface area contributed by atoms with E-state index in [1.54, 1.807) is 24.4 Å². The first-order chi connectivity index (χ1) is 10.2. The van der Waals surface area contributed by atoms with Crippen LogP contribution in [0.5, 0.6) is 0 Å². The molecular weight excluding hydrogens is 332 g/mol. The van der Waals surface area contributed by atoms with Gasteiger partial charge in [0.05, 0.1) is 5.71 Å². The largest absolute Gasteiger partial charge is 0.384 e. The maximum absolute atomic E-state index is 12.0. The summed E-state index contributed by atoms with van der Waals surface area (Å²) in [6.07, 6.45) is 2.34. The summed E-state index contributed by atoms with van der Waals surface area (Å²) in [6.45, 7) is 0.799. The quantitative estimate of drug-likeness (QED) is 0.823. The normalized spacial score (nSPS) is 15.2. The molecule has 1 aromatic carbocycles. The molecule has 106 valence electrons. The average molecular weight is 345 g/mol. The second kappa shape index (κ2) is 6.05. The van der Waals surface area contributed by atoms with E-state index in [1.165, 1.54) is 0 Å². The minimum atomic E-state index is -0.307. The third-order valence-corrected chi connectivity index (χ3v) is 3.65. The van der Waals surface area contributed by atoms with E-state index in [0.717, 1.165) is 34.4 Å². The minimum Gasteiger partial charge on any atom is -0.384 e. The number of hydrogen-bond donors (Lipinski definition) is 2. The summed E-state index contributed by atoms with van der Waals surface area (Å²) in [7, 11) is 0. The number of amides is 1. The number of nitrogens with zero attached hydrogens (tertiary/aromatic N) is 2. The number of hydrogen-bond acceptors (Lipinski definition) is 4. The van der Waals surface area contributed by atoms with Gasteiger partial charge in [-0.2, -0.15) is 5.10 Å². The maximum atomic E-state index is 12.0. The molecule has 3 rings (SSSR count). The number of rotatable bonds is 2. The molecule has 6 heteroatoms. The van der Waals surface area contributed by atoms with E-state index in [9.17, 15) is 4.79 Å². The lowest BCUT2D eigenvalue weighted by atomic mass is 10.0. The van der Waals surface area contributed by atoms with Gasteiger partial charge in [0.1, 0.15) is 5.69 Å². The van der Waals surface area contributed by atoms with E-state index in [1.807, 2.05) is 18.2 Å². The number of halogens is 1. The van der Waals surface area contributed by atoms with Gasteiger partial charge in [0, 0.05) is 34.9 Å². The molecule has 0 atom stereocenters. The van der Waals surface area contributed by atoms with Crippen LogP contribution in [0.1, 0.15) is 22.5 Å². The third-order valence-electron chi connectivity index (χ3n) is 3.16. The number of anilines is 1. The molecule has 1 amide bonds. The predicted molar refractivity (Wildman–Crippen MR) is 85.5 cm³/mol. The van der Waals surface area contributed by atoms with Crippen molar-refractivity contribution in [1.82, 2.24) is 10.4 Å². The van der Waals surface area contributed by atoms with Crippen molar-refractivity contribution in [1.29, 1.82) is 0 Å². The van der Waals surface area contributed by atoms with Gasteiger partial charge in [-0.05, 0) is 30.3 Å². The highest BCUT2D eigenvalue weighted by molar-refractivity contribution is 9.10. The molecule has 0 unspecified atom stereocenters. The topological polar surface area (TPSA) is 66.4 Å². The maximum Gasteiger partial charge on any atom is 0.289 e. The van der Waals surface area contributed by atoms with Gasteiger partial charge in [-0.15, -0.1) is 0 Å².